The molecule has 100 valence electrons. The fourth-order valence-corrected chi connectivity index (χ4v) is 1.92. The molecule has 0 fully saturated rings. The highest BCUT2D eigenvalue weighted by atomic mass is 32.1. The number of hydrogen-bond donors (Lipinski definition) is 3. The van der Waals surface area contributed by atoms with Crippen molar-refractivity contribution >= 4 is 18.5 Å². The Kier molecular flexibility index (Phi) is 4.11. The van der Waals surface area contributed by atoms with Crippen molar-refractivity contribution in [2.75, 3.05) is 12.3 Å². The van der Waals surface area contributed by atoms with E-state index in [9.17, 15) is 9.59 Å². The van der Waals surface area contributed by atoms with Gasteiger partial charge in [-0.25, -0.2) is 4.79 Å². The molecular weight excluding hydrogens is 262 g/mol. The second-order valence-electron chi connectivity index (χ2n) is 4.10. The van der Waals surface area contributed by atoms with Crippen LogP contribution in [0.15, 0.2) is 35.3 Å². The first-order valence-electron chi connectivity index (χ1n) is 5.90. The van der Waals surface area contributed by atoms with Gasteiger partial charge >= 0.3 is 5.69 Å². The van der Waals surface area contributed by atoms with Crippen LogP contribution < -0.4 is 11.0 Å². The van der Waals surface area contributed by atoms with Gasteiger partial charge in [0, 0.05) is 29.8 Å². The Labute approximate surface area is 116 Å². The minimum Gasteiger partial charge on any atom is -0.351 e. The van der Waals surface area contributed by atoms with Crippen molar-refractivity contribution in [1.29, 1.82) is 0 Å². The lowest BCUT2D eigenvalue weighted by Gasteiger charge is -2.06. The van der Waals surface area contributed by atoms with Crippen molar-refractivity contribution in [2.45, 2.75) is 6.92 Å². The molecule has 2 N–H and O–H groups in total. The maximum Gasteiger partial charge on any atom is 0.330 e. The Morgan fingerprint density at radius 2 is 2.05 bits per heavy atom. The number of imidazole rings is 1. The molecule has 0 saturated heterocycles. The molecule has 1 heterocycles. The Balaban J connectivity index is 2.24. The average molecular weight is 277 g/mol. The smallest absolute Gasteiger partial charge is 0.330 e. The predicted octanol–water partition coefficient (Wildman–Crippen LogP) is 1.13. The number of nitrogens with one attached hydrogen (secondary N) is 2. The van der Waals surface area contributed by atoms with E-state index in [1.54, 1.807) is 35.0 Å². The van der Waals surface area contributed by atoms with Gasteiger partial charge in [-0.15, -0.1) is 0 Å². The zero-order valence-electron chi connectivity index (χ0n) is 10.5. The normalized spacial score (nSPS) is 10.4. The molecular formula is C13H15N3O2S. The van der Waals surface area contributed by atoms with Crippen LogP contribution in [0.5, 0.6) is 0 Å². The van der Waals surface area contributed by atoms with Crippen LogP contribution >= 0.6 is 12.6 Å². The summed E-state index contributed by atoms with van der Waals surface area (Å²) in [6, 6.07) is 6.89. The number of rotatable bonds is 4. The lowest BCUT2D eigenvalue weighted by Crippen LogP contribution is -2.25. The van der Waals surface area contributed by atoms with E-state index < -0.39 is 0 Å². The number of nitrogens with zero attached hydrogens (tertiary/aromatic N) is 1. The summed E-state index contributed by atoms with van der Waals surface area (Å²) in [4.78, 5) is 26.0. The molecule has 0 aliphatic carbocycles. The molecule has 5 nitrogen and oxygen atoms in total. The topological polar surface area (TPSA) is 66.9 Å². The zero-order valence-corrected chi connectivity index (χ0v) is 11.4. The molecule has 1 amide bonds. The zero-order chi connectivity index (χ0) is 13.8. The van der Waals surface area contributed by atoms with Crippen LogP contribution in [-0.4, -0.2) is 27.8 Å². The monoisotopic (exact) mass is 277 g/mol. The minimum atomic E-state index is -0.190. The number of carbonyl (C=O) groups is 1. The lowest BCUT2D eigenvalue weighted by molar-refractivity contribution is 0.0956. The number of thiol groups is 1. The second-order valence-corrected chi connectivity index (χ2v) is 4.54. The largest absolute Gasteiger partial charge is 0.351 e. The Hall–Kier alpha value is -1.95. The van der Waals surface area contributed by atoms with E-state index in [2.05, 4.69) is 22.9 Å². The summed E-state index contributed by atoms with van der Waals surface area (Å²) in [6.45, 7) is 2.37. The molecule has 1 aromatic carbocycles. The molecule has 2 rings (SSSR count). The van der Waals surface area contributed by atoms with Gasteiger partial charge in [0.15, 0.2) is 0 Å². The maximum atomic E-state index is 11.7. The Morgan fingerprint density at radius 1 is 1.37 bits per heavy atom. The van der Waals surface area contributed by atoms with Gasteiger partial charge in [0.05, 0.1) is 5.69 Å². The third-order valence-electron chi connectivity index (χ3n) is 2.75. The minimum absolute atomic E-state index is 0.140. The van der Waals surface area contributed by atoms with Crippen molar-refractivity contribution < 1.29 is 4.79 Å². The van der Waals surface area contributed by atoms with Gasteiger partial charge < -0.3 is 10.3 Å². The van der Waals surface area contributed by atoms with Crippen LogP contribution in [0.25, 0.3) is 5.69 Å². The van der Waals surface area contributed by atoms with Gasteiger partial charge in [-0.2, -0.15) is 12.6 Å². The van der Waals surface area contributed by atoms with E-state index in [0.717, 1.165) is 11.4 Å². The van der Waals surface area contributed by atoms with Crippen LogP contribution in [-0.2, 0) is 0 Å². The number of aromatic amines is 1. The summed E-state index contributed by atoms with van der Waals surface area (Å²) >= 11 is 4.03. The summed E-state index contributed by atoms with van der Waals surface area (Å²) in [6.07, 6.45) is 1.65. The first kappa shape index (κ1) is 13.5. The van der Waals surface area contributed by atoms with Crippen LogP contribution in [0, 0.1) is 6.92 Å². The molecule has 0 atom stereocenters. The Bertz CT molecular complexity index is 628. The molecule has 0 aliphatic rings. The van der Waals surface area contributed by atoms with Gasteiger partial charge in [0.2, 0.25) is 0 Å². The molecule has 6 heteroatoms. The van der Waals surface area contributed by atoms with Crippen molar-refractivity contribution in [3.8, 4) is 5.69 Å². The molecule has 0 unspecified atom stereocenters. The molecule has 19 heavy (non-hydrogen) atoms. The molecule has 0 aliphatic heterocycles. The van der Waals surface area contributed by atoms with Gasteiger partial charge in [-0.1, -0.05) is 0 Å². The maximum absolute atomic E-state index is 11.7. The molecule has 1 aromatic heterocycles. The van der Waals surface area contributed by atoms with Crippen LogP contribution in [0.4, 0.5) is 0 Å². The van der Waals surface area contributed by atoms with Crippen LogP contribution in [0.2, 0.25) is 0 Å². The Morgan fingerprint density at radius 3 is 2.58 bits per heavy atom. The number of H-pyrrole nitrogens is 1. The van der Waals surface area contributed by atoms with E-state index in [4.69, 9.17) is 0 Å². The molecule has 0 bridgehead atoms. The number of carbonyl (C=O) groups excluding carboxylic acids is 1. The molecule has 0 saturated carbocycles. The predicted molar refractivity (Wildman–Crippen MR) is 77.3 cm³/mol. The highest BCUT2D eigenvalue weighted by Gasteiger charge is 2.07. The number of aromatic nitrogens is 2. The van der Waals surface area contributed by atoms with E-state index in [-0.39, 0.29) is 11.6 Å². The fourth-order valence-electron chi connectivity index (χ4n) is 1.81. The third kappa shape index (κ3) is 2.90. The van der Waals surface area contributed by atoms with E-state index in [0.29, 0.717) is 17.9 Å². The number of aryl methyl sites for hydroxylation is 1. The van der Waals surface area contributed by atoms with E-state index in [1.165, 1.54) is 0 Å². The van der Waals surface area contributed by atoms with E-state index >= 15 is 0 Å². The summed E-state index contributed by atoms with van der Waals surface area (Å²) in [5, 5.41) is 2.74. The average Bonchev–Trinajstić information content (AvgIpc) is 2.76. The van der Waals surface area contributed by atoms with Crippen molar-refractivity contribution in [2.24, 2.45) is 0 Å². The van der Waals surface area contributed by atoms with Crippen molar-refractivity contribution in [1.82, 2.24) is 14.9 Å². The van der Waals surface area contributed by atoms with Gasteiger partial charge in [0.25, 0.3) is 5.91 Å². The standard InChI is InChI=1S/C13H15N3O2S/c1-9-8-15-13(18)16(9)11-4-2-10(3-5-11)12(17)14-6-7-19/h2-5,8,19H,6-7H2,1H3,(H,14,17)(H,15,18). The molecule has 0 radical (unpaired) electrons. The van der Waals surface area contributed by atoms with Crippen molar-refractivity contribution in [3.63, 3.8) is 0 Å². The quantitative estimate of drug-likeness (QED) is 0.734. The van der Waals surface area contributed by atoms with Gasteiger partial charge in [-0.05, 0) is 31.2 Å². The summed E-state index contributed by atoms with van der Waals surface area (Å²) < 4.78 is 1.55. The molecule has 0 spiro atoms. The van der Waals surface area contributed by atoms with Crippen molar-refractivity contribution in [3.05, 3.63) is 52.2 Å². The second kappa shape index (κ2) is 5.79. The first-order valence-corrected chi connectivity index (χ1v) is 6.53. The summed E-state index contributed by atoms with van der Waals surface area (Å²) in [5.41, 5.74) is 1.92. The third-order valence-corrected chi connectivity index (χ3v) is 2.97. The van der Waals surface area contributed by atoms with Gasteiger partial charge in [-0.3, -0.25) is 9.36 Å². The summed E-state index contributed by atoms with van der Waals surface area (Å²) in [7, 11) is 0. The highest BCUT2D eigenvalue weighted by molar-refractivity contribution is 7.80. The SMILES string of the molecule is Cc1c[nH]c(=O)n1-c1ccc(C(=O)NCCS)cc1. The fraction of sp³-hybridized carbons (Fsp3) is 0.231. The van der Waals surface area contributed by atoms with Crippen LogP contribution in [0.3, 0.4) is 0 Å². The van der Waals surface area contributed by atoms with Crippen LogP contribution in [0.1, 0.15) is 16.1 Å². The lowest BCUT2D eigenvalue weighted by atomic mass is 10.2. The number of benzene rings is 1. The number of hydrogen-bond acceptors (Lipinski definition) is 3. The molecule has 2 aromatic rings. The highest BCUT2D eigenvalue weighted by Crippen LogP contribution is 2.09. The van der Waals surface area contributed by atoms with Gasteiger partial charge in [0.1, 0.15) is 0 Å². The number of amides is 1. The van der Waals surface area contributed by atoms with E-state index in [1.807, 2.05) is 6.92 Å². The summed E-state index contributed by atoms with van der Waals surface area (Å²) in [5.74, 6) is 0.459. The first-order chi connectivity index (χ1) is 9.13.